The summed E-state index contributed by atoms with van der Waals surface area (Å²) in [6, 6.07) is 15.7. The summed E-state index contributed by atoms with van der Waals surface area (Å²) in [7, 11) is 1.67. The third-order valence-corrected chi connectivity index (χ3v) is 6.06. The summed E-state index contributed by atoms with van der Waals surface area (Å²) in [5.74, 6) is 0.480. The fourth-order valence-corrected chi connectivity index (χ4v) is 4.69. The topological polar surface area (TPSA) is 47.6 Å². The highest BCUT2D eigenvalue weighted by Crippen LogP contribution is 2.42. The van der Waals surface area contributed by atoms with Gasteiger partial charge in [-0.05, 0) is 55.5 Å². The number of anilines is 1. The molecule has 1 aliphatic rings. The first-order valence-corrected chi connectivity index (χ1v) is 10.8. The normalized spacial score (nSPS) is 14.3. The fourth-order valence-electron chi connectivity index (χ4n) is 4.07. The molecule has 1 N–H and O–H groups in total. The molecule has 0 saturated heterocycles. The Morgan fingerprint density at radius 1 is 1.07 bits per heavy atom. The minimum atomic E-state index is -0.306. The zero-order chi connectivity index (χ0) is 21.3. The standard InChI is InChI=1S/C25H25NO3S/c1-16-14-25(2,3)26-20-12-11-17(18-8-5-6-9-21(18)28-4)19(23(16)20)15-29-24(27)22-10-7-13-30-22/h5-14,26H,15H2,1-4H3. The Morgan fingerprint density at radius 2 is 1.87 bits per heavy atom. The Balaban J connectivity index is 1.83. The second-order valence-corrected chi connectivity index (χ2v) is 8.89. The molecule has 0 saturated carbocycles. The number of methoxy groups -OCH3 is 1. The third kappa shape index (κ3) is 3.85. The summed E-state index contributed by atoms with van der Waals surface area (Å²) in [5, 5.41) is 5.46. The van der Waals surface area contributed by atoms with E-state index in [4.69, 9.17) is 9.47 Å². The van der Waals surface area contributed by atoms with Crippen molar-refractivity contribution in [2.45, 2.75) is 32.9 Å². The lowest BCUT2D eigenvalue weighted by molar-refractivity contribution is 0.0479. The number of esters is 1. The van der Waals surface area contributed by atoms with Crippen molar-refractivity contribution in [1.29, 1.82) is 0 Å². The molecule has 1 aliphatic heterocycles. The van der Waals surface area contributed by atoms with Gasteiger partial charge in [-0.25, -0.2) is 4.79 Å². The van der Waals surface area contributed by atoms with E-state index in [0.717, 1.165) is 39.3 Å². The van der Waals surface area contributed by atoms with Crippen LogP contribution < -0.4 is 10.1 Å². The number of hydrogen-bond donors (Lipinski definition) is 1. The van der Waals surface area contributed by atoms with Crippen molar-refractivity contribution in [1.82, 2.24) is 0 Å². The molecular formula is C25H25NO3S. The molecule has 4 rings (SSSR count). The first-order valence-electron chi connectivity index (χ1n) is 9.87. The van der Waals surface area contributed by atoms with Gasteiger partial charge in [-0.3, -0.25) is 0 Å². The van der Waals surface area contributed by atoms with Crippen LogP contribution in [0.25, 0.3) is 16.7 Å². The Labute approximate surface area is 181 Å². The number of ether oxygens (including phenoxy) is 2. The third-order valence-electron chi connectivity index (χ3n) is 5.21. The molecule has 1 aromatic heterocycles. The van der Waals surface area contributed by atoms with Crippen molar-refractivity contribution in [3.8, 4) is 16.9 Å². The van der Waals surface area contributed by atoms with Crippen molar-refractivity contribution in [3.05, 3.63) is 76.0 Å². The Hall–Kier alpha value is -3.05. The van der Waals surface area contributed by atoms with Crippen LogP contribution in [0.4, 0.5) is 5.69 Å². The molecule has 154 valence electrons. The van der Waals surface area contributed by atoms with Gasteiger partial charge < -0.3 is 14.8 Å². The van der Waals surface area contributed by atoms with Crippen molar-refractivity contribution in [2.24, 2.45) is 0 Å². The van der Waals surface area contributed by atoms with Gasteiger partial charge >= 0.3 is 5.97 Å². The van der Waals surface area contributed by atoms with Crippen LogP contribution in [-0.4, -0.2) is 18.6 Å². The van der Waals surface area contributed by atoms with Crippen LogP contribution in [0, 0.1) is 0 Å². The van der Waals surface area contributed by atoms with Crippen LogP contribution in [0.1, 0.15) is 41.6 Å². The van der Waals surface area contributed by atoms with Crippen LogP contribution in [0.15, 0.2) is 60.0 Å². The minimum Gasteiger partial charge on any atom is -0.496 e. The molecule has 3 aromatic rings. The lowest BCUT2D eigenvalue weighted by atomic mass is 9.85. The summed E-state index contributed by atoms with van der Waals surface area (Å²) < 4.78 is 11.4. The van der Waals surface area contributed by atoms with Gasteiger partial charge in [0.1, 0.15) is 17.2 Å². The van der Waals surface area contributed by atoms with Gasteiger partial charge in [0.25, 0.3) is 0 Å². The van der Waals surface area contributed by atoms with Gasteiger partial charge in [0.15, 0.2) is 0 Å². The van der Waals surface area contributed by atoms with Gasteiger partial charge in [-0.1, -0.05) is 36.4 Å². The van der Waals surface area contributed by atoms with Crippen LogP contribution in [0.3, 0.4) is 0 Å². The summed E-state index contributed by atoms with van der Waals surface area (Å²) in [6.07, 6.45) is 2.21. The molecule has 4 nitrogen and oxygen atoms in total. The van der Waals surface area contributed by atoms with E-state index in [2.05, 4.69) is 44.3 Å². The van der Waals surface area contributed by atoms with Crippen LogP contribution in [0.5, 0.6) is 5.75 Å². The van der Waals surface area contributed by atoms with Crippen molar-refractivity contribution in [3.63, 3.8) is 0 Å². The number of para-hydroxylation sites is 1. The Bertz CT molecular complexity index is 1110. The predicted octanol–water partition coefficient (Wildman–Crippen LogP) is 6.39. The highest BCUT2D eigenvalue weighted by atomic mass is 32.1. The number of benzene rings is 2. The molecule has 0 amide bonds. The maximum Gasteiger partial charge on any atom is 0.348 e. The van der Waals surface area contributed by atoms with E-state index in [9.17, 15) is 4.79 Å². The number of thiophene rings is 1. The molecule has 0 unspecified atom stereocenters. The van der Waals surface area contributed by atoms with Crippen molar-refractivity contribution >= 4 is 28.6 Å². The predicted molar refractivity (Wildman–Crippen MR) is 123 cm³/mol. The second kappa shape index (κ2) is 8.00. The second-order valence-electron chi connectivity index (χ2n) is 7.94. The van der Waals surface area contributed by atoms with Gasteiger partial charge in [0.05, 0.1) is 12.6 Å². The zero-order valence-electron chi connectivity index (χ0n) is 17.6. The summed E-state index contributed by atoms with van der Waals surface area (Å²) in [5.41, 5.74) is 6.08. The van der Waals surface area contributed by atoms with Crippen molar-refractivity contribution < 1.29 is 14.3 Å². The van der Waals surface area contributed by atoms with Gasteiger partial charge in [0.2, 0.25) is 0 Å². The summed E-state index contributed by atoms with van der Waals surface area (Å²) in [6.45, 7) is 6.58. The van der Waals surface area contributed by atoms with Crippen LogP contribution in [0.2, 0.25) is 0 Å². The number of carbonyl (C=O) groups is 1. The highest BCUT2D eigenvalue weighted by Gasteiger charge is 2.27. The monoisotopic (exact) mass is 419 g/mol. The summed E-state index contributed by atoms with van der Waals surface area (Å²) >= 11 is 1.38. The first-order chi connectivity index (χ1) is 14.4. The Morgan fingerprint density at radius 3 is 2.60 bits per heavy atom. The average Bonchev–Trinajstić information content (AvgIpc) is 3.25. The van der Waals surface area contributed by atoms with Gasteiger partial charge in [0, 0.05) is 22.4 Å². The van der Waals surface area contributed by atoms with Crippen LogP contribution >= 0.6 is 11.3 Å². The summed E-state index contributed by atoms with van der Waals surface area (Å²) in [4.78, 5) is 13.1. The van der Waals surface area contributed by atoms with E-state index in [1.807, 2.05) is 35.7 Å². The van der Waals surface area contributed by atoms with Crippen LogP contribution in [-0.2, 0) is 11.3 Å². The maximum atomic E-state index is 12.5. The smallest absolute Gasteiger partial charge is 0.348 e. The number of nitrogens with one attached hydrogen (secondary N) is 1. The highest BCUT2D eigenvalue weighted by molar-refractivity contribution is 7.11. The molecule has 0 aliphatic carbocycles. The molecule has 30 heavy (non-hydrogen) atoms. The molecular weight excluding hydrogens is 394 g/mol. The number of rotatable bonds is 5. The fraction of sp³-hybridized carbons (Fsp3) is 0.240. The largest absolute Gasteiger partial charge is 0.496 e. The minimum absolute atomic E-state index is 0.145. The van der Waals surface area contributed by atoms with E-state index in [-0.39, 0.29) is 18.1 Å². The number of carbonyl (C=O) groups excluding carboxylic acids is 1. The van der Waals surface area contributed by atoms with E-state index >= 15 is 0 Å². The quantitative estimate of drug-likeness (QED) is 0.487. The average molecular weight is 420 g/mol. The van der Waals surface area contributed by atoms with E-state index in [1.165, 1.54) is 11.3 Å². The van der Waals surface area contributed by atoms with E-state index in [1.54, 1.807) is 13.2 Å². The molecule has 0 fully saturated rings. The molecule has 0 atom stereocenters. The first kappa shape index (κ1) is 20.2. The zero-order valence-corrected chi connectivity index (χ0v) is 18.4. The lowest BCUT2D eigenvalue weighted by Gasteiger charge is -2.33. The molecule has 0 spiro atoms. The maximum absolute atomic E-state index is 12.5. The number of allylic oxidation sites excluding steroid dienone is 1. The Kier molecular flexibility index (Phi) is 5.39. The molecule has 2 heterocycles. The molecule has 0 radical (unpaired) electrons. The molecule has 5 heteroatoms. The molecule has 2 aromatic carbocycles. The van der Waals surface area contributed by atoms with Gasteiger partial charge in [-0.15, -0.1) is 11.3 Å². The van der Waals surface area contributed by atoms with Gasteiger partial charge in [-0.2, -0.15) is 0 Å². The van der Waals surface area contributed by atoms with E-state index < -0.39 is 0 Å². The number of hydrogen-bond acceptors (Lipinski definition) is 5. The lowest BCUT2D eigenvalue weighted by Crippen LogP contribution is -2.32. The van der Waals surface area contributed by atoms with E-state index in [0.29, 0.717) is 4.88 Å². The van der Waals surface area contributed by atoms with Crippen molar-refractivity contribution in [2.75, 3.05) is 12.4 Å². The SMILES string of the molecule is COc1ccccc1-c1ccc2c(c1COC(=O)c1cccs1)C(C)=CC(C)(C)N2. The number of fused-ring (bicyclic) bond motifs is 1. The molecule has 0 bridgehead atoms.